The topological polar surface area (TPSA) is 209 Å². The Balaban J connectivity index is -0.0000000400. The van der Waals surface area contributed by atoms with Gasteiger partial charge in [-0.15, -0.1) is 0 Å². The summed E-state index contributed by atoms with van der Waals surface area (Å²) in [5.74, 6) is 0. The summed E-state index contributed by atoms with van der Waals surface area (Å²) >= 11 is 0. The molecule has 0 radical (unpaired) electrons. The summed E-state index contributed by atoms with van der Waals surface area (Å²) in [4.78, 5) is 33.8. The number of carboxylic acid groups (broad SMARTS) is 3. The zero-order chi connectivity index (χ0) is 12.9. The van der Waals surface area contributed by atoms with Crippen LogP contribution < -0.4 is 15.8 Å². The summed E-state index contributed by atoms with van der Waals surface area (Å²) in [5.41, 5.74) is 0. The van der Waals surface area contributed by atoms with E-state index in [2.05, 4.69) is 14.7 Å². The minimum atomic E-state index is -1.80. The van der Waals surface area contributed by atoms with E-state index in [1.165, 1.54) is 0 Å². The minimum Gasteiger partial charge on any atom is -0.659 e. The molecule has 0 aromatic carbocycles. The predicted octanol–water partition coefficient (Wildman–Crippen LogP) is -3.51. The van der Waals surface area contributed by atoms with Gasteiger partial charge in [-0.25, -0.2) is 14.4 Å². The second-order valence-electron chi connectivity index (χ2n) is 1.05. The van der Waals surface area contributed by atoms with Gasteiger partial charge in [0.2, 0.25) is 0 Å². The molecule has 0 atom stereocenters. The van der Waals surface area contributed by atoms with Crippen molar-refractivity contribution in [2.45, 2.75) is 0 Å². The molecule has 0 bridgehead atoms. The van der Waals surface area contributed by atoms with Gasteiger partial charge in [0.05, 0.1) is 0 Å². The van der Waals surface area contributed by atoms with Crippen molar-refractivity contribution < 1.29 is 76.6 Å². The largest absolute Gasteiger partial charge is 3.00 e. The quantitative estimate of drug-likeness (QED) is 0.225. The van der Waals surface area contributed by atoms with Gasteiger partial charge in [-0.2, -0.15) is 0 Å². The Labute approximate surface area is 113 Å². The van der Waals surface area contributed by atoms with E-state index in [0.717, 1.165) is 0 Å². The predicted molar refractivity (Wildman–Crippen MR) is 33.1 cm³/mol. The molecule has 0 aliphatic heterocycles. The van der Waals surface area contributed by atoms with Crippen LogP contribution in [0.5, 0.6) is 0 Å². The van der Waals surface area contributed by atoms with E-state index in [0.29, 0.717) is 0 Å². The van der Waals surface area contributed by atoms with Crippen LogP contribution in [-0.4, -0.2) is 51.1 Å². The molecule has 0 aromatic rings. The van der Waals surface area contributed by atoms with Crippen LogP contribution in [0.1, 0.15) is 0 Å². The van der Waals surface area contributed by atoms with Crippen molar-refractivity contribution in [3.63, 3.8) is 0 Å². The van der Waals surface area contributed by atoms with Crippen LogP contribution >= 0.6 is 0 Å². The van der Waals surface area contributed by atoms with Gasteiger partial charge in [0.1, 0.15) is 0 Å². The smallest absolute Gasteiger partial charge is 0.659 e. The summed E-state index contributed by atoms with van der Waals surface area (Å²) in [5, 5.41) is 47.2. The molecule has 0 rings (SSSR count). The maximum atomic E-state index is 8.83. The van der Waals surface area contributed by atoms with Crippen molar-refractivity contribution in [3.05, 3.63) is 0 Å². The third kappa shape index (κ3) is 107. The molecule has 14 heteroatoms. The fourth-order valence-electron chi connectivity index (χ4n) is 0. The van der Waals surface area contributed by atoms with Gasteiger partial charge >= 0.3 is 35.8 Å². The normalized spacial score (nSPS) is 5.82. The molecule has 0 saturated carbocycles. The second-order valence-corrected chi connectivity index (χ2v) is 1.05. The third-order valence-electron chi connectivity index (χ3n) is 0.214. The average Bonchev–Trinajstić information content (AvgIpc) is 2.19. The van der Waals surface area contributed by atoms with E-state index in [-0.39, 0.29) is 33.9 Å². The summed E-state index contributed by atoms with van der Waals surface area (Å²) in [6, 6.07) is 0. The molecule has 0 fully saturated rings. The van der Waals surface area contributed by atoms with Crippen LogP contribution in [-0.2, 0) is 31.2 Å². The first kappa shape index (κ1) is 29.6. The first-order valence-electron chi connectivity index (χ1n) is 2.40. The third-order valence-corrected chi connectivity index (χ3v) is 0.214. The van der Waals surface area contributed by atoms with Crippen molar-refractivity contribution in [2.24, 2.45) is 0 Å². The van der Waals surface area contributed by atoms with Crippen LogP contribution in [0.4, 0.5) is 14.4 Å². The van der Waals surface area contributed by atoms with Crippen LogP contribution in [0.3, 0.4) is 0 Å². The number of hydrogen-bond acceptors (Lipinski definition) is 9. The summed E-state index contributed by atoms with van der Waals surface area (Å²) in [6.07, 6.45) is -5.40. The molecule has 0 aromatic heterocycles. The van der Waals surface area contributed by atoms with Gasteiger partial charge in [-0.1, -0.05) is 0 Å². The molecule has 0 unspecified atom stereocenters. The van der Waals surface area contributed by atoms with Crippen LogP contribution in [0.15, 0.2) is 0 Å². The molecule has 3 N–H and O–H groups in total. The Hall–Kier alpha value is -1.28. The van der Waals surface area contributed by atoms with E-state index < -0.39 is 18.5 Å². The first-order valence-corrected chi connectivity index (χ1v) is 2.40. The Morgan fingerprint density at radius 2 is 0.765 bits per heavy atom. The Morgan fingerprint density at radius 3 is 0.765 bits per heavy atom. The van der Waals surface area contributed by atoms with Crippen molar-refractivity contribution in [1.29, 1.82) is 0 Å². The monoisotopic (exact) mass is 316 g/mol. The van der Waals surface area contributed by atoms with E-state index in [9.17, 15) is 0 Å². The number of carbonyl (C=O) groups is 3. The van der Waals surface area contributed by atoms with E-state index in [4.69, 9.17) is 45.5 Å². The standard InChI is InChI=1S/3CH2O4.Al.Ni/c3*2-1(3)5-4;;/h3*4H,(H,2,3);;/q;;;+3;/p-3. The van der Waals surface area contributed by atoms with Gasteiger partial charge in [0.25, 0.3) is 0 Å². The molecule has 0 aliphatic carbocycles. The van der Waals surface area contributed by atoms with E-state index in [1.807, 2.05) is 0 Å². The van der Waals surface area contributed by atoms with Gasteiger partial charge in [0, 0.05) is 16.5 Å². The molecular formula is C3H3AlNiO12. The molecule has 12 nitrogen and oxygen atoms in total. The zero-order valence-electron chi connectivity index (χ0n) is 7.41. The summed E-state index contributed by atoms with van der Waals surface area (Å²) < 4.78 is 0. The Kier molecular flexibility index (Phi) is 42.0. The van der Waals surface area contributed by atoms with E-state index in [1.54, 1.807) is 0 Å². The maximum absolute atomic E-state index is 8.83. The van der Waals surface area contributed by atoms with Gasteiger partial charge < -0.3 is 45.8 Å². The minimum absolute atomic E-state index is 0. The molecule has 0 heterocycles. The van der Waals surface area contributed by atoms with Crippen molar-refractivity contribution in [2.75, 3.05) is 0 Å². The molecule has 0 amide bonds. The van der Waals surface area contributed by atoms with Crippen molar-refractivity contribution in [3.8, 4) is 0 Å². The number of hydrogen-bond donors (Lipinski definition) is 3. The molecule has 0 saturated heterocycles. The molecule has 0 aliphatic rings. The van der Waals surface area contributed by atoms with Crippen LogP contribution in [0.25, 0.3) is 0 Å². The fraction of sp³-hybridized carbons (Fsp3) is 0. The molecule has 100 valence electrons. The molecule has 0 spiro atoms. The Bertz CT molecular complexity index is 161. The fourth-order valence-corrected chi connectivity index (χ4v) is 0. The van der Waals surface area contributed by atoms with Gasteiger partial charge in [-0.05, 0) is 0 Å². The van der Waals surface area contributed by atoms with Gasteiger partial charge in [-0.3, -0.25) is 0 Å². The average molecular weight is 317 g/mol. The van der Waals surface area contributed by atoms with Crippen molar-refractivity contribution in [1.82, 2.24) is 0 Å². The van der Waals surface area contributed by atoms with Crippen LogP contribution in [0, 0.1) is 0 Å². The first-order chi connectivity index (χ1) is 6.81. The van der Waals surface area contributed by atoms with E-state index >= 15 is 0 Å². The van der Waals surface area contributed by atoms with Crippen molar-refractivity contribution >= 4 is 35.8 Å². The Morgan fingerprint density at radius 1 is 0.706 bits per heavy atom. The van der Waals surface area contributed by atoms with Gasteiger partial charge in [0.15, 0.2) is 0 Å². The SMILES string of the molecule is O=C(O)O[O-].O=C(O)O[O-].O=C(O)O[O-].[Al+3].[Ni]. The summed E-state index contributed by atoms with van der Waals surface area (Å²) in [6.45, 7) is 0. The maximum Gasteiger partial charge on any atom is 3.00 e. The zero-order valence-corrected chi connectivity index (χ0v) is 9.55. The number of rotatable bonds is 0. The molecular weight excluding hydrogens is 314 g/mol. The van der Waals surface area contributed by atoms with Crippen LogP contribution in [0.2, 0.25) is 0 Å². The summed E-state index contributed by atoms with van der Waals surface area (Å²) in [7, 11) is 0. The molecule has 17 heavy (non-hydrogen) atoms. The second kappa shape index (κ2) is 24.1.